The normalized spacial score (nSPS) is 20.7. The van der Waals surface area contributed by atoms with Crippen LogP contribution in [-0.2, 0) is 6.54 Å². The van der Waals surface area contributed by atoms with Crippen molar-refractivity contribution in [3.63, 3.8) is 0 Å². The van der Waals surface area contributed by atoms with Crippen LogP contribution in [0.4, 0.5) is 4.39 Å². The summed E-state index contributed by atoms with van der Waals surface area (Å²) in [4.78, 5) is 2.75. The maximum absolute atomic E-state index is 13.3. The van der Waals surface area contributed by atoms with Crippen LogP contribution in [0.25, 0.3) is 0 Å². The van der Waals surface area contributed by atoms with Crippen LogP contribution < -0.4 is 5.73 Å². The van der Waals surface area contributed by atoms with Gasteiger partial charge in [0, 0.05) is 11.0 Å². The molecule has 2 rings (SSSR count). The molecule has 1 atom stereocenters. The summed E-state index contributed by atoms with van der Waals surface area (Å²) in [6, 6.07) is 5.10. The number of nitrogens with zero attached hydrogens (tertiary/aromatic N) is 1. The molecule has 0 bridgehead atoms. The second-order valence-electron chi connectivity index (χ2n) is 4.31. The lowest BCUT2D eigenvalue weighted by molar-refractivity contribution is 0.295. The van der Waals surface area contributed by atoms with E-state index in [0.717, 1.165) is 29.4 Å². The first-order chi connectivity index (χ1) is 8.06. The Morgan fingerprint density at radius 1 is 1.53 bits per heavy atom. The third-order valence-corrected chi connectivity index (χ3v) is 3.73. The van der Waals surface area contributed by atoms with Gasteiger partial charge in [-0.25, -0.2) is 4.39 Å². The molecule has 1 aliphatic rings. The van der Waals surface area contributed by atoms with Crippen LogP contribution in [0.1, 0.15) is 18.4 Å². The van der Waals surface area contributed by atoms with E-state index in [-0.39, 0.29) is 11.9 Å². The average molecular weight is 317 g/mol. The Bertz CT molecular complexity index is 418. The summed E-state index contributed by atoms with van der Waals surface area (Å²) in [7, 11) is 0. The van der Waals surface area contributed by atoms with E-state index in [2.05, 4.69) is 20.8 Å². The van der Waals surface area contributed by atoms with Gasteiger partial charge in [0.15, 0.2) is 0 Å². The van der Waals surface area contributed by atoms with Crippen LogP contribution in [0.3, 0.4) is 0 Å². The van der Waals surface area contributed by atoms with E-state index in [9.17, 15) is 4.39 Å². The zero-order chi connectivity index (χ0) is 12.4. The highest BCUT2D eigenvalue weighted by Gasteiger charge is 2.26. The van der Waals surface area contributed by atoms with Gasteiger partial charge in [0.05, 0.1) is 11.0 Å². The Morgan fingerprint density at radius 2 is 2.29 bits per heavy atom. The van der Waals surface area contributed by atoms with Crippen LogP contribution in [0.2, 0.25) is 0 Å². The summed E-state index contributed by atoms with van der Waals surface area (Å²) in [5, 5.41) is 0. The second-order valence-corrected chi connectivity index (χ2v) is 5.70. The van der Waals surface area contributed by atoms with Crippen molar-refractivity contribution in [2.75, 3.05) is 6.54 Å². The first-order valence-electron chi connectivity index (χ1n) is 5.54. The minimum atomic E-state index is -0.222. The monoisotopic (exact) mass is 316 g/mol. The van der Waals surface area contributed by atoms with Crippen molar-refractivity contribution in [1.29, 1.82) is 0 Å². The number of benzene rings is 1. The first-order valence-corrected chi connectivity index (χ1v) is 6.75. The minimum absolute atomic E-state index is 0.159. The number of nitrogens with two attached hydrogens (primary N) is 1. The number of halogens is 2. The van der Waals surface area contributed by atoms with E-state index in [1.807, 2.05) is 6.07 Å². The minimum Gasteiger partial charge on any atom is -0.392 e. The van der Waals surface area contributed by atoms with E-state index in [1.165, 1.54) is 6.07 Å². The van der Waals surface area contributed by atoms with Crippen molar-refractivity contribution in [3.05, 3.63) is 34.1 Å². The smallest absolute Gasteiger partial charge is 0.124 e. The first kappa shape index (κ1) is 12.9. The maximum atomic E-state index is 13.3. The summed E-state index contributed by atoms with van der Waals surface area (Å²) < 4.78 is 14.0. The Morgan fingerprint density at radius 3 is 2.94 bits per heavy atom. The number of thiocarbonyl (C=S) groups is 1. The number of hydrogen-bond acceptors (Lipinski definition) is 2. The number of likely N-dealkylation sites (tertiary alicyclic amines) is 1. The summed E-state index contributed by atoms with van der Waals surface area (Å²) >= 11 is 8.35. The molecular formula is C12H14BrFN2S. The van der Waals surface area contributed by atoms with E-state index >= 15 is 0 Å². The maximum Gasteiger partial charge on any atom is 0.124 e. The predicted molar refractivity (Wildman–Crippen MR) is 74.3 cm³/mol. The van der Waals surface area contributed by atoms with Crippen molar-refractivity contribution >= 4 is 33.1 Å². The van der Waals surface area contributed by atoms with Crippen molar-refractivity contribution in [1.82, 2.24) is 4.90 Å². The van der Waals surface area contributed by atoms with Gasteiger partial charge < -0.3 is 5.73 Å². The summed E-state index contributed by atoms with van der Waals surface area (Å²) in [6.07, 6.45) is 2.10. The van der Waals surface area contributed by atoms with Gasteiger partial charge >= 0.3 is 0 Å². The molecule has 1 saturated heterocycles. The fraction of sp³-hybridized carbons (Fsp3) is 0.417. The molecule has 0 saturated carbocycles. The Labute approximate surface area is 114 Å². The van der Waals surface area contributed by atoms with Gasteiger partial charge in [0.1, 0.15) is 5.82 Å². The fourth-order valence-electron chi connectivity index (χ4n) is 2.27. The summed E-state index contributed by atoms with van der Waals surface area (Å²) in [5.74, 6) is -0.222. The van der Waals surface area contributed by atoms with E-state index in [0.29, 0.717) is 11.5 Å². The quantitative estimate of drug-likeness (QED) is 0.869. The Balaban J connectivity index is 2.12. The largest absolute Gasteiger partial charge is 0.392 e. The molecule has 0 aliphatic carbocycles. The molecule has 1 aliphatic heterocycles. The third kappa shape index (κ3) is 3.24. The van der Waals surface area contributed by atoms with Gasteiger partial charge in [-0.1, -0.05) is 28.1 Å². The summed E-state index contributed by atoms with van der Waals surface area (Å²) in [6.45, 7) is 1.66. The topological polar surface area (TPSA) is 29.3 Å². The SMILES string of the molecule is NC(=S)C1CCCN1Cc1cc(F)cc(Br)c1. The zero-order valence-electron chi connectivity index (χ0n) is 9.33. The van der Waals surface area contributed by atoms with Crippen molar-refractivity contribution in [3.8, 4) is 0 Å². The summed E-state index contributed by atoms with van der Waals surface area (Å²) in [5.41, 5.74) is 6.65. The molecule has 0 aromatic heterocycles. The molecule has 1 fully saturated rings. The van der Waals surface area contributed by atoms with Crippen LogP contribution >= 0.6 is 28.1 Å². The van der Waals surface area contributed by atoms with Crippen LogP contribution in [-0.4, -0.2) is 22.5 Å². The molecule has 1 aromatic rings. The molecule has 0 spiro atoms. The van der Waals surface area contributed by atoms with Gasteiger partial charge in [-0.2, -0.15) is 0 Å². The van der Waals surface area contributed by atoms with Crippen molar-refractivity contribution < 1.29 is 4.39 Å². The van der Waals surface area contributed by atoms with E-state index in [1.54, 1.807) is 6.07 Å². The molecule has 0 amide bonds. The lowest BCUT2D eigenvalue weighted by Gasteiger charge is -2.23. The third-order valence-electron chi connectivity index (χ3n) is 3.00. The standard InChI is InChI=1S/C12H14BrFN2S/c13-9-4-8(5-10(14)6-9)7-16-3-1-2-11(16)12(15)17/h4-6,11H,1-3,7H2,(H2,15,17). The van der Waals surface area contributed by atoms with Gasteiger partial charge in [-0.3, -0.25) is 4.90 Å². The van der Waals surface area contributed by atoms with Crippen LogP contribution in [0.15, 0.2) is 22.7 Å². The number of hydrogen-bond donors (Lipinski definition) is 1. The average Bonchev–Trinajstić information content (AvgIpc) is 2.63. The molecule has 0 radical (unpaired) electrons. The molecular weight excluding hydrogens is 303 g/mol. The zero-order valence-corrected chi connectivity index (χ0v) is 11.7. The lowest BCUT2D eigenvalue weighted by Crippen LogP contribution is -2.38. The highest BCUT2D eigenvalue weighted by Crippen LogP contribution is 2.22. The van der Waals surface area contributed by atoms with Crippen molar-refractivity contribution in [2.45, 2.75) is 25.4 Å². The lowest BCUT2D eigenvalue weighted by atomic mass is 10.2. The molecule has 1 heterocycles. The van der Waals surface area contributed by atoms with Gasteiger partial charge in [-0.05, 0) is 43.1 Å². The second kappa shape index (κ2) is 5.42. The highest BCUT2D eigenvalue weighted by atomic mass is 79.9. The Kier molecular flexibility index (Phi) is 4.12. The van der Waals surface area contributed by atoms with Crippen molar-refractivity contribution in [2.24, 2.45) is 5.73 Å². The molecule has 1 unspecified atom stereocenters. The van der Waals surface area contributed by atoms with E-state index < -0.39 is 0 Å². The molecule has 1 aromatic carbocycles. The Hall–Kier alpha value is -0.520. The molecule has 92 valence electrons. The van der Waals surface area contributed by atoms with E-state index in [4.69, 9.17) is 18.0 Å². The number of rotatable bonds is 3. The van der Waals surface area contributed by atoms with Crippen LogP contribution in [0.5, 0.6) is 0 Å². The highest BCUT2D eigenvalue weighted by molar-refractivity contribution is 9.10. The molecule has 5 heteroatoms. The fourth-order valence-corrected chi connectivity index (χ4v) is 3.05. The molecule has 2 N–H and O–H groups in total. The van der Waals surface area contributed by atoms with Crippen LogP contribution in [0, 0.1) is 5.82 Å². The molecule has 17 heavy (non-hydrogen) atoms. The van der Waals surface area contributed by atoms with Gasteiger partial charge in [0.25, 0.3) is 0 Å². The van der Waals surface area contributed by atoms with Gasteiger partial charge in [0.2, 0.25) is 0 Å². The van der Waals surface area contributed by atoms with Gasteiger partial charge in [-0.15, -0.1) is 0 Å². The molecule has 2 nitrogen and oxygen atoms in total. The predicted octanol–water partition coefficient (Wildman–Crippen LogP) is 2.84.